The molecule has 0 saturated heterocycles. The minimum atomic E-state index is -0.356. The molecule has 0 saturated carbocycles. The predicted molar refractivity (Wildman–Crippen MR) is 142 cm³/mol. The second kappa shape index (κ2) is 10.0. The Morgan fingerprint density at radius 2 is 1.73 bits per heavy atom. The zero-order valence-electron chi connectivity index (χ0n) is 21.5. The molecule has 2 N–H and O–H groups in total. The second-order valence-electron chi connectivity index (χ2n) is 9.34. The molecule has 7 heteroatoms. The van der Waals surface area contributed by atoms with E-state index in [9.17, 15) is 9.90 Å². The van der Waals surface area contributed by atoms with Gasteiger partial charge in [0.05, 0.1) is 19.8 Å². The van der Waals surface area contributed by atoms with Crippen LogP contribution in [0.2, 0.25) is 0 Å². The number of H-pyrrole nitrogens is 1. The van der Waals surface area contributed by atoms with Gasteiger partial charge in [0, 0.05) is 17.7 Å². The van der Waals surface area contributed by atoms with E-state index >= 15 is 0 Å². The van der Waals surface area contributed by atoms with Gasteiger partial charge >= 0.3 is 0 Å². The number of carbonyl (C=O) groups is 1. The molecule has 4 aromatic rings. The number of fused-ring (bicyclic) bond motifs is 1. The van der Waals surface area contributed by atoms with Crippen molar-refractivity contribution >= 4 is 5.91 Å². The van der Waals surface area contributed by atoms with E-state index < -0.39 is 0 Å². The summed E-state index contributed by atoms with van der Waals surface area (Å²) in [5.41, 5.74) is 6.31. The summed E-state index contributed by atoms with van der Waals surface area (Å²) in [4.78, 5) is 15.6. The molecule has 1 amide bonds. The van der Waals surface area contributed by atoms with Gasteiger partial charge in [-0.25, -0.2) is 0 Å². The average Bonchev–Trinajstić information content (AvgIpc) is 3.44. The molecule has 5 rings (SSSR count). The van der Waals surface area contributed by atoms with Crippen LogP contribution in [0.5, 0.6) is 17.2 Å². The number of ether oxygens (including phenoxy) is 2. The number of methoxy groups -OCH3 is 1. The van der Waals surface area contributed by atoms with Crippen LogP contribution in [-0.4, -0.2) is 46.4 Å². The van der Waals surface area contributed by atoms with Gasteiger partial charge in [0.25, 0.3) is 5.91 Å². The first-order valence-electron chi connectivity index (χ1n) is 12.5. The quantitative estimate of drug-likeness (QED) is 0.331. The molecule has 3 aromatic carbocycles. The molecular formula is C30H31N3O4. The van der Waals surface area contributed by atoms with Crippen LogP contribution in [0.4, 0.5) is 0 Å². The molecule has 1 aliphatic heterocycles. The lowest BCUT2D eigenvalue weighted by atomic mass is 9.94. The van der Waals surface area contributed by atoms with Gasteiger partial charge in [-0.2, -0.15) is 5.10 Å². The maximum Gasteiger partial charge on any atom is 0.273 e. The zero-order chi connectivity index (χ0) is 26.1. The van der Waals surface area contributed by atoms with E-state index in [0.717, 1.165) is 39.3 Å². The van der Waals surface area contributed by atoms with E-state index in [0.29, 0.717) is 36.5 Å². The molecule has 0 spiro atoms. The summed E-state index contributed by atoms with van der Waals surface area (Å²) < 4.78 is 10.9. The molecule has 1 aromatic heterocycles. The lowest BCUT2D eigenvalue weighted by molar-refractivity contribution is 0.0746. The first kappa shape index (κ1) is 24.4. The Bertz CT molecular complexity index is 1420. The standard InChI is InChI=1S/C30H31N3O4/c1-5-37-23-12-8-21(9-13-23)28-25-26(24-17-18(2)16-19(3)29(24)34)31-32-27(25)30(35)33(28)15-14-20-6-10-22(36-4)11-7-20/h6-13,16-17,28,34H,5,14-15H2,1-4H3,(H,31,32)/t28-/m1/s1. The van der Waals surface area contributed by atoms with E-state index in [-0.39, 0.29) is 17.7 Å². The van der Waals surface area contributed by atoms with Crippen molar-refractivity contribution in [1.29, 1.82) is 0 Å². The number of phenolic OH excluding ortho intramolecular Hbond substituents is 1. The Morgan fingerprint density at radius 1 is 1.03 bits per heavy atom. The van der Waals surface area contributed by atoms with E-state index in [2.05, 4.69) is 10.2 Å². The molecule has 0 unspecified atom stereocenters. The van der Waals surface area contributed by atoms with Gasteiger partial charge < -0.3 is 19.5 Å². The lowest BCUT2D eigenvalue weighted by Gasteiger charge is -2.27. The molecule has 0 aliphatic carbocycles. The Labute approximate surface area is 216 Å². The second-order valence-corrected chi connectivity index (χ2v) is 9.34. The molecule has 37 heavy (non-hydrogen) atoms. The monoisotopic (exact) mass is 497 g/mol. The number of nitrogens with zero attached hydrogens (tertiary/aromatic N) is 2. The normalized spacial score (nSPS) is 14.6. The summed E-state index contributed by atoms with van der Waals surface area (Å²) in [5.74, 6) is 1.65. The number of carbonyl (C=O) groups excluding carboxylic acids is 1. The summed E-state index contributed by atoms with van der Waals surface area (Å²) in [7, 11) is 1.65. The molecule has 0 radical (unpaired) electrons. The predicted octanol–water partition coefficient (Wildman–Crippen LogP) is 5.59. The molecule has 0 fully saturated rings. The van der Waals surface area contributed by atoms with E-state index in [1.54, 1.807) is 7.11 Å². The highest BCUT2D eigenvalue weighted by molar-refractivity contribution is 6.00. The molecule has 1 aliphatic rings. The lowest BCUT2D eigenvalue weighted by Crippen LogP contribution is -2.31. The fourth-order valence-corrected chi connectivity index (χ4v) is 5.07. The number of rotatable bonds is 8. The largest absolute Gasteiger partial charge is 0.507 e. The number of phenols is 1. The van der Waals surface area contributed by atoms with E-state index in [1.807, 2.05) is 86.3 Å². The van der Waals surface area contributed by atoms with Crippen LogP contribution >= 0.6 is 0 Å². The summed E-state index contributed by atoms with van der Waals surface area (Å²) >= 11 is 0. The van der Waals surface area contributed by atoms with Crippen LogP contribution in [0.1, 0.15) is 51.3 Å². The van der Waals surface area contributed by atoms with Gasteiger partial charge in [-0.3, -0.25) is 9.89 Å². The first-order valence-corrected chi connectivity index (χ1v) is 12.5. The van der Waals surface area contributed by atoms with Crippen molar-refractivity contribution in [2.24, 2.45) is 0 Å². The van der Waals surface area contributed by atoms with Crippen LogP contribution < -0.4 is 9.47 Å². The third-order valence-electron chi connectivity index (χ3n) is 6.87. The number of aromatic amines is 1. The average molecular weight is 498 g/mol. The van der Waals surface area contributed by atoms with Gasteiger partial charge in [-0.05, 0) is 79.8 Å². The molecule has 1 atom stereocenters. The number of aromatic hydroxyl groups is 1. The molecule has 190 valence electrons. The van der Waals surface area contributed by atoms with Gasteiger partial charge in [0.1, 0.15) is 28.6 Å². The van der Waals surface area contributed by atoms with Crippen molar-refractivity contribution in [3.63, 3.8) is 0 Å². The highest BCUT2D eigenvalue weighted by Gasteiger charge is 2.42. The topological polar surface area (TPSA) is 87.7 Å². The maximum atomic E-state index is 13.7. The highest BCUT2D eigenvalue weighted by atomic mass is 16.5. The number of nitrogens with one attached hydrogen (secondary N) is 1. The Morgan fingerprint density at radius 3 is 2.41 bits per heavy atom. The van der Waals surface area contributed by atoms with E-state index in [1.165, 1.54) is 0 Å². The molecule has 7 nitrogen and oxygen atoms in total. The van der Waals surface area contributed by atoms with Gasteiger partial charge in [0.2, 0.25) is 0 Å². The zero-order valence-corrected chi connectivity index (χ0v) is 21.5. The number of benzene rings is 3. The van der Waals surface area contributed by atoms with Crippen LogP contribution in [0.15, 0.2) is 60.7 Å². The number of hydrogen-bond donors (Lipinski definition) is 2. The van der Waals surface area contributed by atoms with Gasteiger partial charge in [-0.1, -0.05) is 30.3 Å². The Balaban J connectivity index is 1.57. The van der Waals surface area contributed by atoms with Gasteiger partial charge in [-0.15, -0.1) is 0 Å². The summed E-state index contributed by atoms with van der Waals surface area (Å²) in [6, 6.07) is 19.2. The fourth-order valence-electron chi connectivity index (χ4n) is 5.07. The van der Waals surface area contributed by atoms with Crippen molar-refractivity contribution in [2.75, 3.05) is 20.3 Å². The maximum absolute atomic E-state index is 13.7. The number of aryl methyl sites for hydroxylation is 2. The molecule has 2 heterocycles. The van der Waals surface area contributed by atoms with Gasteiger partial charge in [0.15, 0.2) is 0 Å². The van der Waals surface area contributed by atoms with Crippen molar-refractivity contribution in [3.8, 4) is 28.5 Å². The minimum Gasteiger partial charge on any atom is -0.507 e. The van der Waals surface area contributed by atoms with Crippen LogP contribution in [0.25, 0.3) is 11.3 Å². The van der Waals surface area contributed by atoms with Crippen molar-refractivity contribution in [2.45, 2.75) is 33.2 Å². The first-order chi connectivity index (χ1) is 17.9. The SMILES string of the molecule is CCOc1ccc([C@@H]2c3c(-c4cc(C)cc(C)c4O)n[nH]c3C(=O)N2CCc2ccc(OC)cc2)cc1. The van der Waals surface area contributed by atoms with Crippen molar-refractivity contribution in [1.82, 2.24) is 15.1 Å². The Hall–Kier alpha value is -4.26. The molecule has 0 bridgehead atoms. The fraction of sp³-hybridized carbons (Fsp3) is 0.267. The Kier molecular flexibility index (Phi) is 6.61. The summed E-state index contributed by atoms with van der Waals surface area (Å²) in [6.45, 7) is 6.90. The summed E-state index contributed by atoms with van der Waals surface area (Å²) in [5, 5.41) is 18.4. The third kappa shape index (κ3) is 4.53. The summed E-state index contributed by atoms with van der Waals surface area (Å²) in [6.07, 6.45) is 0.686. The number of amides is 1. The minimum absolute atomic E-state index is 0.106. The van der Waals surface area contributed by atoms with Crippen molar-refractivity contribution in [3.05, 3.63) is 94.2 Å². The smallest absolute Gasteiger partial charge is 0.273 e. The highest BCUT2D eigenvalue weighted by Crippen LogP contribution is 2.45. The third-order valence-corrected chi connectivity index (χ3v) is 6.87. The van der Waals surface area contributed by atoms with Crippen LogP contribution in [0.3, 0.4) is 0 Å². The molecular weight excluding hydrogens is 466 g/mol. The van der Waals surface area contributed by atoms with E-state index in [4.69, 9.17) is 9.47 Å². The number of hydrogen-bond acceptors (Lipinski definition) is 5. The van der Waals surface area contributed by atoms with Crippen LogP contribution in [-0.2, 0) is 6.42 Å². The van der Waals surface area contributed by atoms with Crippen LogP contribution in [0, 0.1) is 13.8 Å². The number of aromatic nitrogens is 2. The van der Waals surface area contributed by atoms with Crippen molar-refractivity contribution < 1.29 is 19.4 Å².